The van der Waals surface area contributed by atoms with Crippen LogP contribution in [0.1, 0.15) is 19.8 Å². The Balaban J connectivity index is 2.42. The van der Waals surface area contributed by atoms with E-state index in [2.05, 4.69) is 15.9 Å². The van der Waals surface area contributed by atoms with E-state index < -0.39 is 21.9 Å². The summed E-state index contributed by atoms with van der Waals surface area (Å²) in [6, 6.07) is 4.35. The Morgan fingerprint density at radius 3 is 2.71 bits per heavy atom. The lowest BCUT2D eigenvalue weighted by Crippen LogP contribution is -2.47. The van der Waals surface area contributed by atoms with Crippen LogP contribution in [0.25, 0.3) is 0 Å². The monoisotopic (exact) mass is 395 g/mol. The Labute approximate surface area is 137 Å². The number of carbonyl (C=O) groups is 1. The number of rotatable bonds is 3. The molecule has 0 aliphatic carbocycles. The van der Waals surface area contributed by atoms with Crippen LogP contribution in [0, 0.1) is 5.92 Å². The van der Waals surface area contributed by atoms with Gasteiger partial charge in [0.2, 0.25) is 10.0 Å². The second-order valence-electron chi connectivity index (χ2n) is 5.11. The van der Waals surface area contributed by atoms with E-state index in [9.17, 15) is 13.2 Å². The predicted molar refractivity (Wildman–Crippen MR) is 82.9 cm³/mol. The summed E-state index contributed by atoms with van der Waals surface area (Å²) in [5.41, 5.74) is 0. The van der Waals surface area contributed by atoms with Crippen molar-refractivity contribution in [2.45, 2.75) is 30.7 Å². The zero-order valence-electron chi connectivity index (χ0n) is 11.3. The summed E-state index contributed by atoms with van der Waals surface area (Å²) >= 11 is 9.23. The number of hydrogen-bond donors (Lipinski definition) is 1. The van der Waals surface area contributed by atoms with Crippen LogP contribution in [0.2, 0.25) is 5.02 Å². The van der Waals surface area contributed by atoms with Crippen LogP contribution in [-0.4, -0.2) is 36.4 Å². The van der Waals surface area contributed by atoms with E-state index in [1.54, 1.807) is 13.0 Å². The summed E-state index contributed by atoms with van der Waals surface area (Å²) in [7, 11) is -3.82. The topological polar surface area (TPSA) is 74.7 Å². The lowest BCUT2D eigenvalue weighted by Gasteiger charge is -2.35. The van der Waals surface area contributed by atoms with Gasteiger partial charge in [0.1, 0.15) is 4.90 Å². The SMILES string of the molecule is CC1CCC(C(=O)O)CN1S(=O)(=O)c1cc(Br)ccc1Cl. The fourth-order valence-corrected chi connectivity index (χ4v) is 5.13. The van der Waals surface area contributed by atoms with Gasteiger partial charge in [0.15, 0.2) is 0 Å². The number of nitrogens with zero attached hydrogens (tertiary/aromatic N) is 1. The highest BCUT2D eigenvalue weighted by atomic mass is 79.9. The molecule has 2 unspecified atom stereocenters. The molecule has 1 heterocycles. The summed E-state index contributed by atoms with van der Waals surface area (Å²) in [6.45, 7) is 1.75. The Hall–Kier alpha value is -0.630. The van der Waals surface area contributed by atoms with Gasteiger partial charge in [-0.25, -0.2) is 8.42 Å². The standard InChI is InChI=1S/C13H15BrClNO4S/c1-8-2-3-9(13(17)18)7-16(8)21(19,20)12-6-10(14)4-5-11(12)15/h4-6,8-9H,2-3,7H2,1H3,(H,17,18). The maximum Gasteiger partial charge on any atom is 0.307 e. The van der Waals surface area contributed by atoms with E-state index in [0.29, 0.717) is 17.3 Å². The van der Waals surface area contributed by atoms with Gasteiger partial charge in [-0.15, -0.1) is 0 Å². The zero-order valence-corrected chi connectivity index (χ0v) is 14.4. The lowest BCUT2D eigenvalue weighted by molar-refractivity contribution is -0.143. The summed E-state index contributed by atoms with van der Waals surface area (Å²) < 4.78 is 27.4. The maximum absolute atomic E-state index is 12.8. The van der Waals surface area contributed by atoms with Gasteiger partial charge in [-0.1, -0.05) is 27.5 Å². The van der Waals surface area contributed by atoms with Gasteiger partial charge in [-0.3, -0.25) is 4.79 Å². The van der Waals surface area contributed by atoms with Crippen molar-refractivity contribution in [3.8, 4) is 0 Å². The molecule has 1 aliphatic rings. The van der Waals surface area contributed by atoms with Crippen LogP contribution in [0.15, 0.2) is 27.6 Å². The molecular formula is C13H15BrClNO4S. The molecule has 0 bridgehead atoms. The Morgan fingerprint density at radius 2 is 2.10 bits per heavy atom. The molecule has 2 atom stereocenters. The molecule has 0 aromatic heterocycles. The minimum atomic E-state index is -3.82. The number of sulfonamides is 1. The molecule has 1 saturated heterocycles. The molecule has 1 aromatic carbocycles. The van der Waals surface area contributed by atoms with E-state index in [1.165, 1.54) is 16.4 Å². The highest BCUT2D eigenvalue weighted by Crippen LogP contribution is 2.32. The third-order valence-corrected chi connectivity index (χ3v) is 6.61. The van der Waals surface area contributed by atoms with E-state index in [-0.39, 0.29) is 22.5 Å². The minimum absolute atomic E-state index is 0.00331. The second kappa shape index (κ2) is 6.24. The molecule has 5 nitrogen and oxygen atoms in total. The number of halogens is 2. The summed E-state index contributed by atoms with van der Waals surface area (Å²) in [6.07, 6.45) is 0.997. The molecule has 2 rings (SSSR count). The van der Waals surface area contributed by atoms with Crippen LogP contribution in [0.4, 0.5) is 0 Å². The summed E-state index contributed by atoms with van der Waals surface area (Å²) in [4.78, 5) is 11.1. The first kappa shape index (κ1) is 16.7. The largest absolute Gasteiger partial charge is 0.481 e. The molecule has 1 aliphatic heterocycles. The van der Waals surface area contributed by atoms with Gasteiger partial charge in [0.05, 0.1) is 10.9 Å². The number of carboxylic acids is 1. The molecule has 116 valence electrons. The van der Waals surface area contributed by atoms with Gasteiger partial charge in [0, 0.05) is 17.1 Å². The van der Waals surface area contributed by atoms with Crippen LogP contribution in [0.3, 0.4) is 0 Å². The van der Waals surface area contributed by atoms with Gasteiger partial charge >= 0.3 is 5.97 Å². The molecule has 1 N–H and O–H groups in total. The van der Waals surface area contributed by atoms with Crippen molar-refractivity contribution in [1.29, 1.82) is 0 Å². The first-order chi connectivity index (χ1) is 9.73. The Bertz CT molecular complexity index is 664. The normalized spacial score (nSPS) is 24.0. The first-order valence-corrected chi connectivity index (χ1v) is 9.04. The zero-order chi connectivity index (χ0) is 15.8. The fourth-order valence-electron chi connectivity index (χ4n) is 2.41. The second-order valence-corrected chi connectivity index (χ2v) is 8.29. The average molecular weight is 397 g/mol. The first-order valence-electron chi connectivity index (χ1n) is 6.43. The van der Waals surface area contributed by atoms with Crippen molar-refractivity contribution in [3.63, 3.8) is 0 Å². The van der Waals surface area contributed by atoms with Crippen LogP contribution >= 0.6 is 27.5 Å². The van der Waals surface area contributed by atoms with E-state index in [1.807, 2.05) is 0 Å². The van der Waals surface area contributed by atoms with Crippen LogP contribution in [0.5, 0.6) is 0 Å². The van der Waals surface area contributed by atoms with Gasteiger partial charge in [-0.05, 0) is 38.0 Å². The smallest absolute Gasteiger partial charge is 0.307 e. The molecule has 0 radical (unpaired) electrons. The predicted octanol–water partition coefficient (Wildman–Crippen LogP) is 2.98. The number of aliphatic carboxylic acids is 1. The molecule has 1 aromatic rings. The molecule has 0 spiro atoms. The quantitative estimate of drug-likeness (QED) is 0.852. The van der Waals surface area contributed by atoms with Gasteiger partial charge in [0.25, 0.3) is 0 Å². The van der Waals surface area contributed by atoms with E-state index >= 15 is 0 Å². The van der Waals surface area contributed by atoms with E-state index in [0.717, 1.165) is 0 Å². The average Bonchev–Trinajstić information content (AvgIpc) is 2.41. The highest BCUT2D eigenvalue weighted by molar-refractivity contribution is 9.10. The van der Waals surface area contributed by atoms with Crippen molar-refractivity contribution in [2.75, 3.05) is 6.54 Å². The van der Waals surface area contributed by atoms with Crippen molar-refractivity contribution in [2.24, 2.45) is 5.92 Å². The van der Waals surface area contributed by atoms with Crippen molar-refractivity contribution in [1.82, 2.24) is 4.31 Å². The third kappa shape index (κ3) is 3.41. The summed E-state index contributed by atoms with van der Waals surface area (Å²) in [5.74, 6) is -1.65. The molecule has 1 fully saturated rings. The third-order valence-electron chi connectivity index (χ3n) is 3.65. The molecule has 8 heteroatoms. The molecule has 0 amide bonds. The minimum Gasteiger partial charge on any atom is -0.481 e. The molecule has 21 heavy (non-hydrogen) atoms. The van der Waals surface area contributed by atoms with Crippen LogP contribution in [-0.2, 0) is 14.8 Å². The van der Waals surface area contributed by atoms with Gasteiger partial charge < -0.3 is 5.11 Å². The lowest BCUT2D eigenvalue weighted by atomic mass is 9.96. The molecular weight excluding hydrogens is 382 g/mol. The summed E-state index contributed by atoms with van der Waals surface area (Å²) in [5, 5.41) is 9.25. The Morgan fingerprint density at radius 1 is 1.43 bits per heavy atom. The van der Waals surface area contributed by atoms with Crippen molar-refractivity contribution < 1.29 is 18.3 Å². The highest BCUT2D eigenvalue weighted by Gasteiger charge is 2.38. The fraction of sp³-hybridized carbons (Fsp3) is 0.462. The van der Waals surface area contributed by atoms with Crippen molar-refractivity contribution >= 4 is 43.5 Å². The van der Waals surface area contributed by atoms with E-state index in [4.69, 9.17) is 16.7 Å². The number of hydrogen-bond acceptors (Lipinski definition) is 3. The maximum atomic E-state index is 12.8. The van der Waals surface area contributed by atoms with Crippen LogP contribution < -0.4 is 0 Å². The number of carboxylic acid groups (broad SMARTS) is 1. The van der Waals surface area contributed by atoms with Crippen molar-refractivity contribution in [3.05, 3.63) is 27.7 Å². The van der Waals surface area contributed by atoms with Gasteiger partial charge in [-0.2, -0.15) is 4.31 Å². The number of piperidine rings is 1. The molecule has 0 saturated carbocycles. The number of benzene rings is 1. The Kier molecular flexibility index (Phi) is 4.97.